The van der Waals surface area contributed by atoms with E-state index in [1.165, 1.54) is 0 Å². The van der Waals surface area contributed by atoms with Crippen molar-refractivity contribution in [2.75, 3.05) is 18.5 Å². The number of rotatable bonds is 4. The number of hydrogen-bond donors (Lipinski definition) is 2. The predicted octanol–water partition coefficient (Wildman–Crippen LogP) is 1.95. The van der Waals surface area contributed by atoms with E-state index in [0.717, 1.165) is 16.3 Å². The van der Waals surface area contributed by atoms with Crippen LogP contribution in [0.5, 0.6) is 0 Å². The summed E-state index contributed by atoms with van der Waals surface area (Å²) in [6.45, 7) is 3.18. The van der Waals surface area contributed by atoms with Crippen molar-refractivity contribution in [3.05, 3.63) is 28.8 Å². The van der Waals surface area contributed by atoms with Gasteiger partial charge in [-0.1, -0.05) is 11.6 Å². The molecule has 0 aliphatic rings. The van der Waals surface area contributed by atoms with E-state index in [9.17, 15) is 0 Å². The topological polar surface area (TPSA) is 47.3 Å². The van der Waals surface area contributed by atoms with Crippen LogP contribution in [0.15, 0.2) is 18.2 Å². The second-order valence-electron chi connectivity index (χ2n) is 2.76. The molecule has 4 heteroatoms. The molecule has 0 saturated carbocycles. The third-order valence-electron chi connectivity index (χ3n) is 1.72. The molecule has 3 N–H and O–H groups in total. The molecule has 0 spiro atoms. The second kappa shape index (κ2) is 5.07. The Balaban J connectivity index is 2.56. The highest BCUT2D eigenvalue weighted by Crippen LogP contribution is 2.18. The van der Waals surface area contributed by atoms with E-state index >= 15 is 0 Å². The maximum absolute atomic E-state index is 5.81. The molecule has 0 unspecified atom stereocenters. The molecular weight excluding hydrogens is 188 g/mol. The van der Waals surface area contributed by atoms with Crippen molar-refractivity contribution in [2.45, 2.75) is 6.92 Å². The normalized spacial score (nSPS) is 10.1. The molecule has 0 heterocycles. The Bertz CT molecular complexity index is 278. The van der Waals surface area contributed by atoms with Crippen molar-refractivity contribution in [3.63, 3.8) is 0 Å². The zero-order valence-electron chi connectivity index (χ0n) is 7.51. The van der Waals surface area contributed by atoms with Gasteiger partial charge in [-0.15, -0.1) is 0 Å². The number of halogens is 1. The van der Waals surface area contributed by atoms with Crippen molar-refractivity contribution in [2.24, 2.45) is 5.90 Å². The van der Waals surface area contributed by atoms with E-state index < -0.39 is 0 Å². The van der Waals surface area contributed by atoms with Crippen LogP contribution in [0.4, 0.5) is 5.69 Å². The summed E-state index contributed by atoms with van der Waals surface area (Å²) in [5.74, 6) is 4.89. The molecule has 0 aliphatic carbocycles. The Labute approximate surface area is 82.8 Å². The minimum absolute atomic E-state index is 0.488. The van der Waals surface area contributed by atoms with Gasteiger partial charge in [-0.25, -0.2) is 5.90 Å². The Morgan fingerprint density at radius 1 is 1.54 bits per heavy atom. The van der Waals surface area contributed by atoms with Crippen LogP contribution in [0, 0.1) is 6.92 Å². The molecule has 0 aliphatic heterocycles. The number of aryl methyl sites for hydroxylation is 1. The molecule has 3 nitrogen and oxygen atoms in total. The van der Waals surface area contributed by atoms with Gasteiger partial charge in [0.1, 0.15) is 0 Å². The Kier molecular flexibility index (Phi) is 4.02. The lowest BCUT2D eigenvalue weighted by atomic mass is 10.2. The molecule has 0 amide bonds. The van der Waals surface area contributed by atoms with E-state index in [1.54, 1.807) is 0 Å². The van der Waals surface area contributed by atoms with Crippen molar-refractivity contribution in [1.29, 1.82) is 0 Å². The summed E-state index contributed by atoms with van der Waals surface area (Å²) in [4.78, 5) is 4.44. The lowest BCUT2D eigenvalue weighted by Crippen LogP contribution is -2.12. The number of hydrogen-bond acceptors (Lipinski definition) is 3. The van der Waals surface area contributed by atoms with Crippen molar-refractivity contribution in [3.8, 4) is 0 Å². The van der Waals surface area contributed by atoms with Crippen LogP contribution >= 0.6 is 11.6 Å². The molecule has 72 valence electrons. The largest absolute Gasteiger partial charge is 0.382 e. The average Bonchev–Trinajstić information content (AvgIpc) is 2.09. The fourth-order valence-electron chi connectivity index (χ4n) is 1.07. The van der Waals surface area contributed by atoms with Crippen LogP contribution in [-0.2, 0) is 4.84 Å². The van der Waals surface area contributed by atoms with Gasteiger partial charge in [-0.3, -0.25) is 0 Å². The fraction of sp³-hybridized carbons (Fsp3) is 0.333. The van der Waals surface area contributed by atoms with E-state index in [4.69, 9.17) is 17.5 Å². The molecule has 0 atom stereocenters. The number of nitrogens with two attached hydrogens (primary N) is 1. The number of benzene rings is 1. The first-order valence-corrected chi connectivity index (χ1v) is 4.43. The van der Waals surface area contributed by atoms with E-state index in [2.05, 4.69) is 10.2 Å². The summed E-state index contributed by atoms with van der Waals surface area (Å²) in [6.07, 6.45) is 0. The quantitative estimate of drug-likeness (QED) is 0.577. The molecule has 1 aromatic carbocycles. The number of nitrogens with one attached hydrogen (secondary N) is 1. The lowest BCUT2D eigenvalue weighted by molar-refractivity contribution is 0.148. The standard InChI is InChI=1S/C9H13ClN2O/c1-7-6-8(10)2-3-9(7)12-4-5-13-11/h2-3,6,12H,4-5,11H2,1H3. The smallest absolute Gasteiger partial charge is 0.0851 e. The number of anilines is 1. The van der Waals surface area contributed by atoms with Crippen LogP contribution in [0.2, 0.25) is 5.02 Å². The Morgan fingerprint density at radius 2 is 2.31 bits per heavy atom. The summed E-state index contributed by atoms with van der Waals surface area (Å²) >= 11 is 5.81. The molecule has 0 aromatic heterocycles. The zero-order valence-corrected chi connectivity index (χ0v) is 8.27. The van der Waals surface area contributed by atoms with E-state index in [-0.39, 0.29) is 0 Å². The first-order chi connectivity index (χ1) is 6.24. The van der Waals surface area contributed by atoms with Crippen LogP contribution in [0.1, 0.15) is 5.56 Å². The zero-order chi connectivity index (χ0) is 9.68. The first-order valence-electron chi connectivity index (χ1n) is 4.05. The Hall–Kier alpha value is -0.770. The van der Waals surface area contributed by atoms with Gasteiger partial charge in [-0.2, -0.15) is 0 Å². The SMILES string of the molecule is Cc1cc(Cl)ccc1NCCON. The van der Waals surface area contributed by atoms with E-state index in [0.29, 0.717) is 13.2 Å². The van der Waals surface area contributed by atoms with Crippen molar-refractivity contribution >= 4 is 17.3 Å². The molecule has 0 fully saturated rings. The highest BCUT2D eigenvalue weighted by Gasteiger charge is 1.97. The molecule has 0 bridgehead atoms. The second-order valence-corrected chi connectivity index (χ2v) is 3.19. The predicted molar refractivity (Wildman–Crippen MR) is 54.8 cm³/mol. The minimum Gasteiger partial charge on any atom is -0.382 e. The van der Waals surface area contributed by atoms with Gasteiger partial charge >= 0.3 is 0 Å². The van der Waals surface area contributed by atoms with Crippen LogP contribution in [0.3, 0.4) is 0 Å². The van der Waals surface area contributed by atoms with Gasteiger partial charge < -0.3 is 10.2 Å². The van der Waals surface area contributed by atoms with Gasteiger partial charge in [-0.05, 0) is 30.7 Å². The average molecular weight is 201 g/mol. The van der Waals surface area contributed by atoms with Crippen LogP contribution in [0.25, 0.3) is 0 Å². The molecule has 0 saturated heterocycles. The van der Waals surface area contributed by atoms with Crippen LogP contribution < -0.4 is 11.2 Å². The molecule has 13 heavy (non-hydrogen) atoms. The summed E-state index contributed by atoms with van der Waals surface area (Å²) in [5, 5.41) is 3.93. The monoisotopic (exact) mass is 200 g/mol. The molecule has 1 aromatic rings. The Morgan fingerprint density at radius 3 is 2.92 bits per heavy atom. The lowest BCUT2D eigenvalue weighted by Gasteiger charge is -2.08. The minimum atomic E-state index is 0.488. The van der Waals surface area contributed by atoms with Gasteiger partial charge in [0.05, 0.1) is 6.61 Å². The highest BCUT2D eigenvalue weighted by molar-refractivity contribution is 6.30. The molecule has 0 radical (unpaired) electrons. The fourth-order valence-corrected chi connectivity index (χ4v) is 1.30. The third kappa shape index (κ3) is 3.22. The van der Waals surface area contributed by atoms with Gasteiger partial charge in [0.2, 0.25) is 0 Å². The van der Waals surface area contributed by atoms with Crippen molar-refractivity contribution < 1.29 is 4.84 Å². The maximum Gasteiger partial charge on any atom is 0.0851 e. The summed E-state index contributed by atoms with van der Waals surface area (Å²) in [7, 11) is 0. The van der Waals surface area contributed by atoms with Gasteiger partial charge in [0.15, 0.2) is 0 Å². The third-order valence-corrected chi connectivity index (χ3v) is 1.96. The first kappa shape index (κ1) is 10.3. The van der Waals surface area contributed by atoms with Gasteiger partial charge in [0.25, 0.3) is 0 Å². The van der Waals surface area contributed by atoms with Crippen molar-refractivity contribution in [1.82, 2.24) is 0 Å². The summed E-state index contributed by atoms with van der Waals surface area (Å²) < 4.78 is 0. The highest BCUT2D eigenvalue weighted by atomic mass is 35.5. The summed E-state index contributed by atoms with van der Waals surface area (Å²) in [6, 6.07) is 5.70. The van der Waals surface area contributed by atoms with Gasteiger partial charge in [0, 0.05) is 17.3 Å². The summed E-state index contributed by atoms with van der Waals surface area (Å²) in [5.41, 5.74) is 2.17. The van der Waals surface area contributed by atoms with Crippen LogP contribution in [-0.4, -0.2) is 13.2 Å². The molecular formula is C9H13ClN2O. The molecule has 1 rings (SSSR count). The maximum atomic E-state index is 5.81. The van der Waals surface area contributed by atoms with E-state index in [1.807, 2.05) is 25.1 Å².